The van der Waals surface area contributed by atoms with E-state index in [0.29, 0.717) is 35.9 Å². The van der Waals surface area contributed by atoms with Crippen LogP contribution in [0.3, 0.4) is 0 Å². The maximum absolute atomic E-state index is 13.5. The molecule has 0 fully saturated rings. The second kappa shape index (κ2) is 8.67. The number of rotatable bonds is 6. The van der Waals surface area contributed by atoms with E-state index in [9.17, 15) is 4.79 Å². The summed E-state index contributed by atoms with van der Waals surface area (Å²) in [7, 11) is 1.69. The predicted octanol–water partition coefficient (Wildman–Crippen LogP) is 3.07. The number of benzene rings is 1. The molecule has 0 saturated heterocycles. The van der Waals surface area contributed by atoms with E-state index in [2.05, 4.69) is 28.9 Å². The van der Waals surface area contributed by atoms with Crippen molar-refractivity contribution in [1.29, 1.82) is 0 Å². The van der Waals surface area contributed by atoms with Crippen LogP contribution >= 0.6 is 0 Å². The number of fused-ring (bicyclic) bond motifs is 2. The van der Waals surface area contributed by atoms with Crippen LogP contribution < -0.4 is 15.2 Å². The summed E-state index contributed by atoms with van der Waals surface area (Å²) in [6, 6.07) is 11.5. The van der Waals surface area contributed by atoms with Gasteiger partial charge in [0, 0.05) is 31.3 Å². The van der Waals surface area contributed by atoms with Gasteiger partial charge in [0.05, 0.1) is 18.8 Å². The molecule has 5 rings (SSSR count). The maximum atomic E-state index is 13.5. The van der Waals surface area contributed by atoms with Gasteiger partial charge >= 0.3 is 0 Å². The first-order valence-electron chi connectivity index (χ1n) is 11.0. The van der Waals surface area contributed by atoms with Gasteiger partial charge in [-0.1, -0.05) is 6.07 Å². The highest BCUT2D eigenvalue weighted by Crippen LogP contribution is 2.34. The second-order valence-corrected chi connectivity index (χ2v) is 8.26. The summed E-state index contributed by atoms with van der Waals surface area (Å²) in [5.41, 5.74) is 1.44. The third-order valence-electron chi connectivity index (χ3n) is 5.85. The van der Waals surface area contributed by atoms with Crippen molar-refractivity contribution >= 4 is 16.5 Å². The van der Waals surface area contributed by atoms with E-state index >= 15 is 0 Å². The molecule has 1 aliphatic rings. The van der Waals surface area contributed by atoms with Gasteiger partial charge in [-0.3, -0.25) is 9.36 Å². The van der Waals surface area contributed by atoms with Gasteiger partial charge in [-0.25, -0.2) is 4.98 Å². The van der Waals surface area contributed by atoms with E-state index in [-0.39, 0.29) is 11.6 Å². The first kappa shape index (κ1) is 21.1. The number of anilines is 1. The van der Waals surface area contributed by atoms with Crippen LogP contribution in [0.5, 0.6) is 5.75 Å². The molecule has 9 nitrogen and oxygen atoms in total. The van der Waals surface area contributed by atoms with Crippen molar-refractivity contribution in [2.75, 3.05) is 38.3 Å². The number of hydrogen-bond donors (Lipinski definition) is 0. The van der Waals surface area contributed by atoms with Crippen molar-refractivity contribution in [3.63, 3.8) is 0 Å². The van der Waals surface area contributed by atoms with Gasteiger partial charge in [-0.15, -0.1) is 10.2 Å². The third kappa shape index (κ3) is 3.84. The minimum absolute atomic E-state index is 0.137. The van der Waals surface area contributed by atoms with Gasteiger partial charge in [0.25, 0.3) is 5.56 Å². The van der Waals surface area contributed by atoms with Crippen molar-refractivity contribution in [3.05, 3.63) is 59.3 Å². The second-order valence-electron chi connectivity index (χ2n) is 8.26. The lowest BCUT2D eigenvalue weighted by atomic mass is 10.1. The largest absolute Gasteiger partial charge is 0.490 e. The molecule has 4 heterocycles. The van der Waals surface area contributed by atoms with Crippen LogP contribution in [0, 0.1) is 0 Å². The molecule has 0 unspecified atom stereocenters. The first-order chi connectivity index (χ1) is 16.1. The Bertz CT molecular complexity index is 1360. The summed E-state index contributed by atoms with van der Waals surface area (Å²) in [6.07, 6.45) is 3.44. The number of aromatic nitrogens is 5. The Kier molecular flexibility index (Phi) is 5.55. The molecular weight excluding hydrogens is 420 g/mol. The fraction of sp³-hybridized carbons (Fsp3) is 0.333. The first-order valence-corrected chi connectivity index (χ1v) is 11.0. The topological polar surface area (TPSA) is 87.3 Å². The molecule has 0 saturated carbocycles. The fourth-order valence-corrected chi connectivity index (χ4v) is 4.11. The number of hydrogen-bond acceptors (Lipinski definition) is 7. The van der Waals surface area contributed by atoms with E-state index in [0.717, 1.165) is 29.9 Å². The summed E-state index contributed by atoms with van der Waals surface area (Å²) in [5.74, 6) is 1.98. The zero-order valence-electron chi connectivity index (χ0n) is 18.9. The van der Waals surface area contributed by atoms with E-state index in [1.807, 2.05) is 41.0 Å². The lowest BCUT2D eigenvalue weighted by Crippen LogP contribution is -2.35. The van der Waals surface area contributed by atoms with E-state index in [1.54, 1.807) is 24.2 Å². The smallest absolute Gasteiger partial charge is 0.264 e. The highest BCUT2D eigenvalue weighted by Gasteiger charge is 2.20. The van der Waals surface area contributed by atoms with Crippen LogP contribution in [0.15, 0.2) is 53.7 Å². The lowest BCUT2D eigenvalue weighted by Gasteiger charge is -2.31. The number of methoxy groups -OCH3 is 1. The zero-order chi connectivity index (χ0) is 22.9. The summed E-state index contributed by atoms with van der Waals surface area (Å²) >= 11 is 0. The zero-order valence-corrected chi connectivity index (χ0v) is 18.9. The Hall–Kier alpha value is -3.72. The Morgan fingerprint density at radius 1 is 1.21 bits per heavy atom. The molecule has 0 N–H and O–H groups in total. The summed E-state index contributed by atoms with van der Waals surface area (Å²) in [4.78, 5) is 20.4. The molecule has 0 amide bonds. The molecule has 3 aromatic heterocycles. The molecule has 4 aromatic rings. The van der Waals surface area contributed by atoms with Gasteiger partial charge < -0.3 is 18.9 Å². The Balaban J connectivity index is 1.59. The summed E-state index contributed by atoms with van der Waals surface area (Å²) < 4.78 is 14.6. The SMILES string of the molecule is COCCN1CCOc2cc3ccn(-c4cccc(-c5nncn5C(C)C)n4)c(=O)c3cc21. The summed E-state index contributed by atoms with van der Waals surface area (Å²) in [5, 5.41) is 9.70. The molecule has 1 aromatic carbocycles. The van der Waals surface area contributed by atoms with Crippen molar-refractivity contribution < 1.29 is 9.47 Å². The average Bonchev–Trinajstić information content (AvgIpc) is 3.33. The molecule has 170 valence electrons. The molecular formula is C24H26N6O3. The van der Waals surface area contributed by atoms with E-state index in [1.165, 1.54) is 0 Å². The van der Waals surface area contributed by atoms with Crippen LogP contribution in [-0.2, 0) is 4.74 Å². The fourth-order valence-electron chi connectivity index (χ4n) is 4.11. The molecule has 9 heteroatoms. The van der Waals surface area contributed by atoms with Crippen molar-refractivity contribution in [2.24, 2.45) is 0 Å². The van der Waals surface area contributed by atoms with Gasteiger partial charge in [0.1, 0.15) is 30.2 Å². The lowest BCUT2D eigenvalue weighted by molar-refractivity contribution is 0.201. The molecule has 0 spiro atoms. The van der Waals surface area contributed by atoms with Crippen LogP contribution in [0.1, 0.15) is 19.9 Å². The Morgan fingerprint density at radius 3 is 2.91 bits per heavy atom. The maximum Gasteiger partial charge on any atom is 0.264 e. The predicted molar refractivity (Wildman–Crippen MR) is 126 cm³/mol. The van der Waals surface area contributed by atoms with Crippen molar-refractivity contribution in [2.45, 2.75) is 19.9 Å². The third-order valence-corrected chi connectivity index (χ3v) is 5.85. The number of nitrogens with zero attached hydrogens (tertiary/aromatic N) is 6. The van der Waals surface area contributed by atoms with Crippen LogP contribution in [0.25, 0.3) is 28.1 Å². The monoisotopic (exact) mass is 446 g/mol. The van der Waals surface area contributed by atoms with Crippen LogP contribution in [-0.4, -0.2) is 57.7 Å². The molecule has 0 radical (unpaired) electrons. The number of pyridine rings is 2. The highest BCUT2D eigenvalue weighted by atomic mass is 16.5. The highest BCUT2D eigenvalue weighted by molar-refractivity contribution is 5.88. The van der Waals surface area contributed by atoms with Gasteiger partial charge in [-0.2, -0.15) is 0 Å². The molecule has 1 aliphatic heterocycles. The standard InChI is InChI=1S/C24H26N6O3/c1-16(2)30-15-25-27-23(30)19-5-4-6-22(26-19)29-8-7-17-13-21-20(14-18(17)24(29)31)28(9-11-32-3)10-12-33-21/h4-8,13-16H,9-12H2,1-3H3. The van der Waals surface area contributed by atoms with Gasteiger partial charge in [0.2, 0.25) is 0 Å². The van der Waals surface area contributed by atoms with E-state index < -0.39 is 0 Å². The molecule has 0 atom stereocenters. The molecule has 0 aliphatic carbocycles. The van der Waals surface area contributed by atoms with Gasteiger partial charge in [0.15, 0.2) is 5.82 Å². The Labute approximate surface area is 191 Å². The van der Waals surface area contributed by atoms with Crippen molar-refractivity contribution in [1.82, 2.24) is 24.3 Å². The number of ether oxygens (including phenoxy) is 2. The van der Waals surface area contributed by atoms with E-state index in [4.69, 9.17) is 14.5 Å². The molecule has 33 heavy (non-hydrogen) atoms. The molecule has 0 bridgehead atoms. The van der Waals surface area contributed by atoms with Crippen molar-refractivity contribution in [3.8, 4) is 23.1 Å². The van der Waals surface area contributed by atoms with Crippen LogP contribution in [0.2, 0.25) is 0 Å². The normalized spacial score (nSPS) is 13.4. The van der Waals surface area contributed by atoms with Crippen LogP contribution in [0.4, 0.5) is 5.69 Å². The summed E-state index contributed by atoms with van der Waals surface area (Å²) in [6.45, 7) is 6.82. The quantitative estimate of drug-likeness (QED) is 0.450. The van der Waals surface area contributed by atoms with Gasteiger partial charge in [-0.05, 0) is 49.6 Å². The Morgan fingerprint density at radius 2 is 2.09 bits per heavy atom. The minimum atomic E-state index is -0.137. The average molecular weight is 447 g/mol. The minimum Gasteiger partial charge on any atom is -0.490 e.